The molecule has 2 fully saturated rings. The molecule has 1 amide bonds. The minimum Gasteiger partial charge on any atom is -0.497 e. The second-order valence-electron chi connectivity index (χ2n) is 9.90. The summed E-state index contributed by atoms with van der Waals surface area (Å²) in [5.74, 6) is 1.57. The van der Waals surface area contributed by atoms with Gasteiger partial charge in [-0.25, -0.2) is 0 Å². The van der Waals surface area contributed by atoms with E-state index in [1.807, 2.05) is 24.3 Å². The Kier molecular flexibility index (Phi) is 7.02. The molecule has 0 radical (unpaired) electrons. The third-order valence-electron chi connectivity index (χ3n) is 7.43. The van der Waals surface area contributed by atoms with Crippen molar-refractivity contribution in [1.82, 2.24) is 9.80 Å². The third kappa shape index (κ3) is 5.33. The SMILES string of the molecule is COc1cc2c(c(N3CCN(C)CC3)c1)OC(C(=O)Nc1ccc(N3CCN(C)CC3)cc1)CC2. The van der Waals surface area contributed by atoms with Gasteiger partial charge in [0.05, 0.1) is 12.8 Å². The summed E-state index contributed by atoms with van der Waals surface area (Å²) in [4.78, 5) is 22.6. The highest BCUT2D eigenvalue weighted by Crippen LogP contribution is 2.41. The van der Waals surface area contributed by atoms with Crippen molar-refractivity contribution in [2.45, 2.75) is 18.9 Å². The first-order valence-electron chi connectivity index (χ1n) is 12.7. The van der Waals surface area contributed by atoms with Crippen molar-refractivity contribution in [3.63, 3.8) is 0 Å². The fourth-order valence-electron chi connectivity index (χ4n) is 5.08. The van der Waals surface area contributed by atoms with E-state index in [4.69, 9.17) is 9.47 Å². The third-order valence-corrected chi connectivity index (χ3v) is 7.43. The first-order valence-corrected chi connectivity index (χ1v) is 12.7. The number of carbonyl (C=O) groups is 1. The molecule has 2 saturated heterocycles. The molecule has 5 rings (SSSR count). The van der Waals surface area contributed by atoms with Crippen LogP contribution in [0.5, 0.6) is 11.5 Å². The van der Waals surface area contributed by atoms with Gasteiger partial charge in [-0.15, -0.1) is 0 Å². The van der Waals surface area contributed by atoms with E-state index in [2.05, 4.69) is 51.1 Å². The van der Waals surface area contributed by atoms with E-state index >= 15 is 0 Å². The average Bonchev–Trinajstić information content (AvgIpc) is 2.89. The van der Waals surface area contributed by atoms with Gasteiger partial charge < -0.3 is 34.4 Å². The molecule has 0 aromatic heterocycles. The molecule has 1 unspecified atom stereocenters. The number of rotatable bonds is 5. The van der Waals surface area contributed by atoms with Crippen LogP contribution in [0.1, 0.15) is 12.0 Å². The van der Waals surface area contributed by atoms with Crippen LogP contribution in [0.15, 0.2) is 36.4 Å². The van der Waals surface area contributed by atoms with Gasteiger partial charge in [-0.3, -0.25) is 4.79 Å². The molecular formula is C27H37N5O3. The number of likely N-dealkylation sites (N-methyl/N-ethyl adjacent to an activating group) is 2. The van der Waals surface area contributed by atoms with Gasteiger partial charge in [-0.2, -0.15) is 0 Å². The lowest BCUT2D eigenvalue weighted by Crippen LogP contribution is -2.45. The Bertz CT molecular complexity index is 1030. The standard InChI is InChI=1S/C27H37N5O3/c1-29-10-14-31(15-11-29)22-7-5-21(6-8-22)28-27(33)25-9-4-20-18-23(34-3)19-24(26(20)35-25)32-16-12-30(2)13-17-32/h5-8,18-19,25H,4,9-17H2,1-3H3,(H,28,33). The zero-order valence-corrected chi connectivity index (χ0v) is 21.1. The number of ether oxygens (including phenoxy) is 2. The maximum atomic E-state index is 13.2. The van der Waals surface area contributed by atoms with E-state index in [0.29, 0.717) is 6.42 Å². The zero-order valence-electron chi connectivity index (χ0n) is 21.1. The van der Waals surface area contributed by atoms with Gasteiger partial charge in [0.15, 0.2) is 6.10 Å². The summed E-state index contributed by atoms with van der Waals surface area (Å²) in [5, 5.41) is 3.07. The fraction of sp³-hybridized carbons (Fsp3) is 0.519. The number of carbonyl (C=O) groups excluding carboxylic acids is 1. The quantitative estimate of drug-likeness (QED) is 0.707. The molecule has 8 nitrogen and oxygen atoms in total. The predicted octanol–water partition coefficient (Wildman–Crippen LogP) is 2.53. The number of hydrogen-bond donors (Lipinski definition) is 1. The normalized spacial score (nSPS) is 21.3. The lowest BCUT2D eigenvalue weighted by Gasteiger charge is -2.37. The molecule has 3 aliphatic heterocycles. The van der Waals surface area contributed by atoms with Crippen molar-refractivity contribution in [2.24, 2.45) is 0 Å². The smallest absolute Gasteiger partial charge is 0.265 e. The van der Waals surface area contributed by atoms with Gasteiger partial charge in [0.2, 0.25) is 0 Å². The summed E-state index contributed by atoms with van der Waals surface area (Å²) in [6.07, 6.45) is 0.917. The Morgan fingerprint density at radius 3 is 2.17 bits per heavy atom. The van der Waals surface area contributed by atoms with E-state index in [0.717, 1.165) is 87.2 Å². The summed E-state index contributed by atoms with van der Waals surface area (Å²) >= 11 is 0. The molecule has 0 spiro atoms. The lowest BCUT2D eigenvalue weighted by molar-refractivity contribution is -0.123. The first kappa shape index (κ1) is 23.8. The Morgan fingerprint density at radius 2 is 1.54 bits per heavy atom. The highest BCUT2D eigenvalue weighted by molar-refractivity contribution is 5.95. The van der Waals surface area contributed by atoms with Gasteiger partial charge >= 0.3 is 0 Å². The van der Waals surface area contributed by atoms with E-state index in [-0.39, 0.29) is 5.91 Å². The number of methoxy groups -OCH3 is 1. The molecule has 1 atom stereocenters. The highest BCUT2D eigenvalue weighted by atomic mass is 16.5. The van der Waals surface area contributed by atoms with Crippen molar-refractivity contribution in [2.75, 3.05) is 88.7 Å². The largest absolute Gasteiger partial charge is 0.497 e. The maximum absolute atomic E-state index is 13.2. The van der Waals surface area contributed by atoms with Gasteiger partial charge in [0.1, 0.15) is 11.5 Å². The van der Waals surface area contributed by atoms with Crippen LogP contribution < -0.4 is 24.6 Å². The van der Waals surface area contributed by atoms with Crippen molar-refractivity contribution in [3.05, 3.63) is 42.0 Å². The molecule has 0 bridgehead atoms. The van der Waals surface area contributed by atoms with E-state index in [1.165, 1.54) is 5.69 Å². The van der Waals surface area contributed by atoms with E-state index in [1.54, 1.807) is 7.11 Å². The Morgan fingerprint density at radius 1 is 0.914 bits per heavy atom. The van der Waals surface area contributed by atoms with Crippen LogP contribution >= 0.6 is 0 Å². The van der Waals surface area contributed by atoms with Crippen molar-refractivity contribution < 1.29 is 14.3 Å². The Balaban J connectivity index is 1.27. The second kappa shape index (κ2) is 10.3. The Hall–Kier alpha value is -2.97. The molecule has 3 heterocycles. The number of aryl methyl sites for hydroxylation is 1. The van der Waals surface area contributed by atoms with Gasteiger partial charge in [-0.05, 0) is 57.3 Å². The van der Waals surface area contributed by atoms with Gasteiger partial charge in [0.25, 0.3) is 5.91 Å². The summed E-state index contributed by atoms with van der Waals surface area (Å²) in [6.45, 7) is 8.05. The number of nitrogens with one attached hydrogen (secondary N) is 1. The number of nitrogens with zero attached hydrogens (tertiary/aromatic N) is 4. The molecule has 2 aromatic rings. The lowest BCUT2D eigenvalue weighted by atomic mass is 9.99. The summed E-state index contributed by atoms with van der Waals surface area (Å²) in [5.41, 5.74) is 4.14. The van der Waals surface area contributed by atoms with Crippen molar-refractivity contribution >= 4 is 23.0 Å². The molecular weight excluding hydrogens is 442 g/mol. The molecule has 35 heavy (non-hydrogen) atoms. The molecule has 1 N–H and O–H groups in total. The minimum atomic E-state index is -0.514. The fourth-order valence-corrected chi connectivity index (χ4v) is 5.08. The number of amides is 1. The zero-order chi connectivity index (χ0) is 24.4. The van der Waals surface area contributed by atoms with Gasteiger partial charge in [0, 0.05) is 75.4 Å². The number of fused-ring (bicyclic) bond motifs is 1. The molecule has 0 saturated carbocycles. The van der Waals surface area contributed by atoms with Crippen LogP contribution in [0.3, 0.4) is 0 Å². The second-order valence-corrected chi connectivity index (χ2v) is 9.90. The monoisotopic (exact) mass is 479 g/mol. The number of piperazine rings is 2. The summed E-state index contributed by atoms with van der Waals surface area (Å²) in [6, 6.07) is 12.2. The number of anilines is 3. The summed E-state index contributed by atoms with van der Waals surface area (Å²) < 4.78 is 11.9. The molecule has 2 aromatic carbocycles. The minimum absolute atomic E-state index is 0.0943. The summed E-state index contributed by atoms with van der Waals surface area (Å²) in [7, 11) is 6.00. The molecule has 3 aliphatic rings. The topological polar surface area (TPSA) is 60.5 Å². The van der Waals surface area contributed by atoms with Crippen LogP contribution in [0.25, 0.3) is 0 Å². The van der Waals surface area contributed by atoms with Crippen LogP contribution in [-0.4, -0.2) is 95.4 Å². The van der Waals surface area contributed by atoms with Crippen LogP contribution in [0.2, 0.25) is 0 Å². The average molecular weight is 480 g/mol. The Labute approximate surface area is 208 Å². The highest BCUT2D eigenvalue weighted by Gasteiger charge is 2.31. The van der Waals surface area contributed by atoms with E-state index < -0.39 is 6.10 Å². The van der Waals surface area contributed by atoms with Crippen molar-refractivity contribution in [3.8, 4) is 11.5 Å². The predicted molar refractivity (Wildman–Crippen MR) is 140 cm³/mol. The van der Waals surface area contributed by atoms with Crippen LogP contribution in [0.4, 0.5) is 17.1 Å². The van der Waals surface area contributed by atoms with Crippen molar-refractivity contribution in [1.29, 1.82) is 0 Å². The van der Waals surface area contributed by atoms with E-state index in [9.17, 15) is 4.79 Å². The maximum Gasteiger partial charge on any atom is 0.265 e. The first-order chi connectivity index (χ1) is 17.0. The number of hydrogen-bond acceptors (Lipinski definition) is 7. The van der Waals surface area contributed by atoms with Gasteiger partial charge in [-0.1, -0.05) is 0 Å². The number of benzene rings is 2. The van der Waals surface area contributed by atoms with Crippen LogP contribution in [-0.2, 0) is 11.2 Å². The van der Waals surface area contributed by atoms with Crippen LogP contribution in [0, 0.1) is 0 Å². The molecule has 8 heteroatoms. The molecule has 188 valence electrons. The molecule has 0 aliphatic carbocycles.